The van der Waals surface area contributed by atoms with E-state index in [9.17, 15) is 14.7 Å². The Morgan fingerprint density at radius 2 is 1.42 bits per heavy atom. The van der Waals surface area contributed by atoms with Crippen molar-refractivity contribution in [2.45, 2.75) is 36.4 Å². The number of carbonyl (C=O) groups excluding carboxylic acids is 1. The minimum Gasteiger partial charge on any atom is -0.465 e. The van der Waals surface area contributed by atoms with Gasteiger partial charge in [-0.15, -0.1) is 0 Å². The lowest BCUT2D eigenvalue weighted by Gasteiger charge is -2.42. The quantitative estimate of drug-likeness (QED) is 0.101. The summed E-state index contributed by atoms with van der Waals surface area (Å²) in [5.74, 6) is 1.04. The maximum atomic E-state index is 14.7. The number of rotatable bonds is 11. The summed E-state index contributed by atoms with van der Waals surface area (Å²) in [6.07, 6.45) is 6.55. The average molecular weight is 751 g/mol. The van der Waals surface area contributed by atoms with Crippen LogP contribution in [0.15, 0.2) is 146 Å². The molecule has 3 aromatic heterocycles. The van der Waals surface area contributed by atoms with Crippen molar-refractivity contribution in [2.24, 2.45) is 0 Å². The molecule has 1 unspecified atom stereocenters. The number of fused-ring (bicyclic) bond motifs is 1. The van der Waals surface area contributed by atoms with Crippen LogP contribution in [0.5, 0.6) is 0 Å². The minimum absolute atomic E-state index is 0.224. The maximum absolute atomic E-state index is 14.7. The Morgan fingerprint density at radius 3 is 2.00 bits per heavy atom. The molecule has 0 spiro atoms. The van der Waals surface area contributed by atoms with E-state index in [2.05, 4.69) is 71.5 Å². The number of aromatic nitrogens is 5. The van der Waals surface area contributed by atoms with E-state index in [0.717, 1.165) is 33.5 Å². The first-order chi connectivity index (χ1) is 26.9. The van der Waals surface area contributed by atoms with Crippen molar-refractivity contribution >= 4 is 40.5 Å². The van der Waals surface area contributed by atoms with Gasteiger partial charge in [0.1, 0.15) is 34.7 Å². The number of aromatic amines is 1. The molecule has 1 aliphatic rings. The first-order valence-corrected chi connectivity index (χ1v) is 18.5. The predicted molar refractivity (Wildman–Crippen MR) is 212 cm³/mol. The molecular weight excluding hydrogens is 712 g/mol. The Labute approximate surface area is 323 Å². The number of nitrogens with one attached hydrogen (secondary N) is 3. The van der Waals surface area contributed by atoms with Gasteiger partial charge in [0.25, 0.3) is 0 Å². The van der Waals surface area contributed by atoms with Crippen molar-refractivity contribution in [2.75, 3.05) is 18.0 Å². The highest BCUT2D eigenvalue weighted by Crippen LogP contribution is 2.42. The molecule has 2 amide bonds. The highest BCUT2D eigenvalue weighted by Gasteiger charge is 2.45. The smallest absolute Gasteiger partial charge is 0.405 e. The summed E-state index contributed by atoms with van der Waals surface area (Å²) in [4.78, 5) is 45.9. The van der Waals surface area contributed by atoms with Crippen LogP contribution in [0.4, 0.5) is 10.6 Å². The van der Waals surface area contributed by atoms with Crippen molar-refractivity contribution < 1.29 is 14.7 Å². The average Bonchev–Trinajstić information content (AvgIpc) is 3.90. The Kier molecular flexibility index (Phi) is 9.77. The molecule has 4 N–H and O–H groups in total. The summed E-state index contributed by atoms with van der Waals surface area (Å²) in [5.41, 5.74) is 2.41. The topological polar surface area (TPSA) is 141 Å². The molecule has 11 nitrogen and oxygen atoms in total. The second-order valence-electron chi connectivity index (χ2n) is 13.7. The van der Waals surface area contributed by atoms with Gasteiger partial charge in [0, 0.05) is 43.1 Å². The van der Waals surface area contributed by atoms with Crippen LogP contribution in [0, 0.1) is 0 Å². The summed E-state index contributed by atoms with van der Waals surface area (Å²) in [5, 5.41) is 17.4. The van der Waals surface area contributed by atoms with E-state index in [1.165, 1.54) is 6.33 Å². The number of nitrogens with zero attached hydrogens (tertiary/aromatic N) is 5. The van der Waals surface area contributed by atoms with Gasteiger partial charge >= 0.3 is 6.09 Å². The molecule has 1 atom stereocenters. The molecule has 8 rings (SSSR count). The van der Waals surface area contributed by atoms with Gasteiger partial charge in [-0.2, -0.15) is 0 Å². The SMILES string of the molecule is O=C(O)NC1(C(=O)NC(Cc2nccn2C(c2ccccc2)(c2ccccc2)c2ccccc2)c2ccc(Cl)cc2)CCN(c2ncnc3[nH]ccc23)CC1. The Morgan fingerprint density at radius 1 is 0.818 bits per heavy atom. The summed E-state index contributed by atoms with van der Waals surface area (Å²) in [6, 6.07) is 39.6. The van der Waals surface area contributed by atoms with Crippen molar-refractivity contribution in [1.29, 1.82) is 0 Å². The summed E-state index contributed by atoms with van der Waals surface area (Å²) in [7, 11) is 0. The molecular formula is C43H39ClN8O3. The minimum atomic E-state index is -1.39. The first kappa shape index (κ1) is 35.6. The van der Waals surface area contributed by atoms with E-state index >= 15 is 0 Å². The number of carbonyl (C=O) groups is 2. The highest BCUT2D eigenvalue weighted by molar-refractivity contribution is 6.30. The molecule has 1 saturated heterocycles. The number of imidazole rings is 1. The standard InChI is InChI=1S/C43H39ClN8O3/c44-34-18-16-30(17-19-34)36(49-40(53)42(50-41(54)55)21-25-51(26-22-42)39-35-20-23-46-38(35)47-29-48-39)28-37-45-24-27-52(37)43(31-10-4-1-5-11-31,32-12-6-2-7-13-32)33-14-8-3-9-15-33/h1-20,23-24,27,29,36,50H,21-22,25-26,28H2,(H,49,53)(H,54,55)(H,46,47,48). The molecule has 1 aliphatic heterocycles. The zero-order valence-corrected chi connectivity index (χ0v) is 30.6. The van der Waals surface area contributed by atoms with Crippen molar-refractivity contribution in [1.82, 2.24) is 35.1 Å². The third-order valence-electron chi connectivity index (χ3n) is 10.6. The Balaban J connectivity index is 1.17. The van der Waals surface area contributed by atoms with Gasteiger partial charge in [-0.05, 0) is 53.3 Å². The number of anilines is 1. The summed E-state index contributed by atoms with van der Waals surface area (Å²) >= 11 is 6.35. The third-order valence-corrected chi connectivity index (χ3v) is 10.9. The van der Waals surface area contributed by atoms with Crippen LogP contribution >= 0.6 is 11.6 Å². The zero-order chi connectivity index (χ0) is 37.8. The lowest BCUT2D eigenvalue weighted by Crippen LogP contribution is -2.63. The fourth-order valence-electron chi connectivity index (χ4n) is 8.00. The maximum Gasteiger partial charge on any atom is 0.405 e. The molecule has 276 valence electrons. The number of hydrogen-bond donors (Lipinski definition) is 4. The van der Waals surface area contributed by atoms with Crippen LogP contribution in [0.25, 0.3) is 11.0 Å². The van der Waals surface area contributed by atoms with E-state index in [0.29, 0.717) is 29.6 Å². The van der Waals surface area contributed by atoms with Crippen molar-refractivity contribution in [3.8, 4) is 0 Å². The van der Waals surface area contributed by atoms with E-state index in [1.54, 1.807) is 18.3 Å². The van der Waals surface area contributed by atoms with Gasteiger partial charge < -0.3 is 30.2 Å². The van der Waals surface area contributed by atoms with Crippen LogP contribution in [0.3, 0.4) is 0 Å². The van der Waals surface area contributed by atoms with Gasteiger partial charge in [-0.25, -0.2) is 19.7 Å². The van der Waals surface area contributed by atoms with E-state index in [1.807, 2.05) is 85.2 Å². The summed E-state index contributed by atoms with van der Waals surface area (Å²) in [6.45, 7) is 0.795. The van der Waals surface area contributed by atoms with Crippen LogP contribution in [-0.2, 0) is 16.8 Å². The van der Waals surface area contributed by atoms with Gasteiger partial charge in [0.05, 0.1) is 11.4 Å². The number of H-pyrrole nitrogens is 1. The van der Waals surface area contributed by atoms with Gasteiger partial charge in [-0.1, -0.05) is 115 Å². The van der Waals surface area contributed by atoms with E-state index in [-0.39, 0.29) is 19.3 Å². The van der Waals surface area contributed by atoms with Crippen LogP contribution in [0.1, 0.15) is 47.0 Å². The molecule has 0 bridgehead atoms. The molecule has 4 aromatic carbocycles. The van der Waals surface area contributed by atoms with E-state index < -0.39 is 29.1 Å². The molecule has 1 fully saturated rings. The third kappa shape index (κ3) is 6.79. The van der Waals surface area contributed by atoms with Gasteiger partial charge in [-0.3, -0.25) is 4.79 Å². The number of carboxylic acid groups (broad SMARTS) is 1. The van der Waals surface area contributed by atoms with E-state index in [4.69, 9.17) is 16.6 Å². The number of halogens is 1. The molecule has 7 aromatic rings. The van der Waals surface area contributed by atoms with Crippen molar-refractivity contribution in [3.63, 3.8) is 0 Å². The van der Waals surface area contributed by atoms with Crippen molar-refractivity contribution in [3.05, 3.63) is 179 Å². The highest BCUT2D eigenvalue weighted by atomic mass is 35.5. The number of hydrogen-bond acceptors (Lipinski definition) is 6. The number of piperidine rings is 1. The van der Waals surface area contributed by atoms with Gasteiger partial charge in [0.2, 0.25) is 5.91 Å². The molecule has 0 radical (unpaired) electrons. The largest absolute Gasteiger partial charge is 0.465 e. The monoisotopic (exact) mass is 750 g/mol. The lowest BCUT2D eigenvalue weighted by atomic mass is 9.76. The molecule has 4 heterocycles. The lowest BCUT2D eigenvalue weighted by molar-refractivity contribution is -0.129. The predicted octanol–water partition coefficient (Wildman–Crippen LogP) is 7.35. The molecule has 55 heavy (non-hydrogen) atoms. The Hall–Kier alpha value is -6.46. The molecule has 0 aliphatic carbocycles. The Bertz CT molecular complexity index is 2300. The zero-order valence-electron chi connectivity index (χ0n) is 29.8. The second-order valence-corrected chi connectivity index (χ2v) is 14.2. The molecule has 12 heteroatoms. The van der Waals surface area contributed by atoms with Gasteiger partial charge in [0.15, 0.2) is 0 Å². The fourth-order valence-corrected chi connectivity index (χ4v) is 8.12. The van der Waals surface area contributed by atoms with Crippen LogP contribution < -0.4 is 15.5 Å². The van der Waals surface area contributed by atoms with Crippen LogP contribution in [-0.4, -0.2) is 60.2 Å². The normalized spacial score (nSPS) is 14.7. The molecule has 0 saturated carbocycles. The number of amides is 2. The fraction of sp³-hybridized carbons (Fsp3) is 0.186. The number of benzene rings is 4. The first-order valence-electron chi connectivity index (χ1n) is 18.2. The summed E-state index contributed by atoms with van der Waals surface area (Å²) < 4.78 is 2.19. The second kappa shape index (κ2) is 15.1. The van der Waals surface area contributed by atoms with Crippen LogP contribution in [0.2, 0.25) is 5.02 Å².